The van der Waals surface area contributed by atoms with E-state index in [4.69, 9.17) is 35.3 Å². The molecule has 9 heteroatoms. The van der Waals surface area contributed by atoms with Gasteiger partial charge in [0.05, 0.1) is 26.4 Å². The summed E-state index contributed by atoms with van der Waals surface area (Å²) in [5.74, 6) is 1.08. The maximum absolute atomic E-state index is 12.3. The summed E-state index contributed by atoms with van der Waals surface area (Å²) in [7, 11) is 2.94. The molecule has 2 heterocycles. The molecule has 0 radical (unpaired) electrons. The van der Waals surface area contributed by atoms with E-state index in [1.54, 1.807) is 25.3 Å². The van der Waals surface area contributed by atoms with Gasteiger partial charge in [-0.15, -0.1) is 0 Å². The molecule has 0 amide bonds. The number of piperidine rings is 1. The van der Waals surface area contributed by atoms with Crippen molar-refractivity contribution in [3.63, 3.8) is 0 Å². The maximum Gasteiger partial charge on any atom is 0.341 e. The summed E-state index contributed by atoms with van der Waals surface area (Å²) < 4.78 is 28.2. The number of halogens is 1. The van der Waals surface area contributed by atoms with Crippen LogP contribution in [0.25, 0.3) is 0 Å². The van der Waals surface area contributed by atoms with E-state index < -0.39 is 12.1 Å². The van der Waals surface area contributed by atoms with Crippen LogP contribution in [0.3, 0.4) is 0 Å². The highest BCUT2D eigenvalue weighted by Crippen LogP contribution is 2.44. The molecule has 0 bridgehead atoms. The first-order valence-electron chi connectivity index (χ1n) is 13.3. The number of carbonyl (C=O) groups excluding carboxylic acids is 1. The number of rotatable bonds is 10. The molecule has 1 saturated heterocycles. The van der Waals surface area contributed by atoms with Gasteiger partial charge in [-0.25, -0.2) is 4.79 Å². The van der Waals surface area contributed by atoms with Gasteiger partial charge in [-0.05, 0) is 65.9 Å². The summed E-state index contributed by atoms with van der Waals surface area (Å²) >= 11 is 6.16. The number of benzene rings is 3. The van der Waals surface area contributed by atoms with Crippen molar-refractivity contribution in [3.05, 3.63) is 87.9 Å². The van der Waals surface area contributed by atoms with E-state index in [1.165, 1.54) is 12.7 Å². The smallest absolute Gasteiger partial charge is 0.341 e. The van der Waals surface area contributed by atoms with Gasteiger partial charge in [0.25, 0.3) is 0 Å². The van der Waals surface area contributed by atoms with Gasteiger partial charge in [0.15, 0.2) is 0 Å². The summed E-state index contributed by atoms with van der Waals surface area (Å²) in [5, 5.41) is 11.5. The van der Waals surface area contributed by atoms with Crippen molar-refractivity contribution < 1.29 is 33.6 Å². The molecule has 2 aliphatic heterocycles. The largest absolute Gasteiger partial charge is 0.497 e. The molecule has 0 aliphatic carbocycles. The Labute approximate surface area is 239 Å². The molecule has 40 heavy (non-hydrogen) atoms. The van der Waals surface area contributed by atoms with E-state index in [-0.39, 0.29) is 17.8 Å². The van der Waals surface area contributed by atoms with Crippen molar-refractivity contribution >= 4 is 17.6 Å². The number of aliphatic hydroxyl groups excluding tert-OH is 1. The van der Waals surface area contributed by atoms with Crippen LogP contribution in [0.1, 0.15) is 39.9 Å². The van der Waals surface area contributed by atoms with Crippen molar-refractivity contribution in [2.45, 2.75) is 37.8 Å². The molecule has 1 N–H and O–H groups in total. The monoisotopic (exact) mass is 567 g/mol. The SMILES string of the molecule is COC(=O)c1ccc(OCc2ccc(OC)cc2)cc1OC[C@@H](O)CN1CCC2(CC1)OCc1cc(Cl)ccc12. The second-order valence-corrected chi connectivity index (χ2v) is 10.6. The van der Waals surface area contributed by atoms with Crippen LogP contribution < -0.4 is 14.2 Å². The highest BCUT2D eigenvalue weighted by Gasteiger charge is 2.42. The Balaban J connectivity index is 1.16. The first kappa shape index (κ1) is 28.2. The number of methoxy groups -OCH3 is 2. The third-order valence-electron chi connectivity index (χ3n) is 7.55. The zero-order valence-corrected chi connectivity index (χ0v) is 23.5. The Morgan fingerprint density at radius 2 is 1.77 bits per heavy atom. The number of esters is 1. The first-order chi connectivity index (χ1) is 19.4. The van der Waals surface area contributed by atoms with E-state index in [0.29, 0.717) is 31.3 Å². The average Bonchev–Trinajstić information content (AvgIpc) is 3.32. The Morgan fingerprint density at radius 3 is 2.50 bits per heavy atom. The summed E-state index contributed by atoms with van der Waals surface area (Å²) in [6.07, 6.45) is 0.934. The Bertz CT molecular complexity index is 1320. The van der Waals surface area contributed by atoms with Gasteiger partial charge < -0.3 is 33.7 Å². The van der Waals surface area contributed by atoms with Crippen molar-refractivity contribution in [1.82, 2.24) is 4.90 Å². The molecule has 1 atom stereocenters. The van der Waals surface area contributed by atoms with E-state index >= 15 is 0 Å². The van der Waals surface area contributed by atoms with E-state index in [0.717, 1.165) is 47.8 Å². The summed E-state index contributed by atoms with van der Waals surface area (Å²) in [4.78, 5) is 14.5. The van der Waals surface area contributed by atoms with Crippen LogP contribution in [-0.2, 0) is 28.3 Å². The van der Waals surface area contributed by atoms with Gasteiger partial charge in [-0.3, -0.25) is 0 Å². The lowest BCUT2D eigenvalue weighted by atomic mass is 9.84. The van der Waals surface area contributed by atoms with Crippen LogP contribution in [0.15, 0.2) is 60.7 Å². The normalized spacial score (nSPS) is 16.8. The van der Waals surface area contributed by atoms with E-state index in [2.05, 4.69) is 11.0 Å². The third kappa shape index (κ3) is 6.36. The minimum Gasteiger partial charge on any atom is -0.497 e. The van der Waals surface area contributed by atoms with E-state index in [9.17, 15) is 9.90 Å². The van der Waals surface area contributed by atoms with Crippen LogP contribution in [0, 0.1) is 0 Å². The molecule has 1 fully saturated rings. The molecule has 0 unspecified atom stereocenters. The molecule has 0 aromatic heterocycles. The van der Waals surface area contributed by atoms with Crippen LogP contribution in [0.4, 0.5) is 0 Å². The number of ether oxygens (including phenoxy) is 5. The lowest BCUT2D eigenvalue weighted by Crippen LogP contribution is -2.46. The molecule has 1 spiro atoms. The second kappa shape index (κ2) is 12.5. The Kier molecular flexibility index (Phi) is 8.81. The molecule has 3 aromatic carbocycles. The molecule has 8 nitrogen and oxygen atoms in total. The highest BCUT2D eigenvalue weighted by molar-refractivity contribution is 6.30. The number of likely N-dealkylation sites (tertiary alicyclic amines) is 1. The standard InChI is InChI=1S/C31H34ClNO7/c1-36-25-6-3-21(4-7-25)18-38-26-8-9-27(30(35)37-2)29(16-26)39-20-24(34)17-33-13-11-31(12-14-33)28-10-5-23(32)15-22(28)19-40-31/h3-10,15-16,24,34H,11-14,17-20H2,1-2H3/t24-/m0/s1. The predicted molar refractivity (Wildman–Crippen MR) is 150 cm³/mol. The number of β-amino-alcohol motifs (C(OH)–C–C–N with tert-alkyl or cyclic N) is 1. The fraction of sp³-hybridized carbons (Fsp3) is 0.387. The zero-order chi connectivity index (χ0) is 28.1. The topological polar surface area (TPSA) is 86.7 Å². The van der Waals surface area contributed by atoms with Crippen molar-refractivity contribution in [2.75, 3.05) is 40.5 Å². The molecule has 5 rings (SSSR count). The van der Waals surface area contributed by atoms with Gasteiger partial charge >= 0.3 is 5.97 Å². The van der Waals surface area contributed by atoms with Crippen LogP contribution in [0.2, 0.25) is 5.02 Å². The number of fused-ring (bicyclic) bond motifs is 2. The van der Waals surface area contributed by atoms with Gasteiger partial charge in [-0.2, -0.15) is 0 Å². The number of hydrogen-bond acceptors (Lipinski definition) is 8. The van der Waals surface area contributed by atoms with Gasteiger partial charge in [0, 0.05) is 30.7 Å². The highest BCUT2D eigenvalue weighted by atomic mass is 35.5. The number of hydrogen-bond donors (Lipinski definition) is 1. The maximum atomic E-state index is 12.3. The minimum atomic E-state index is -0.751. The minimum absolute atomic E-state index is 0.0192. The molecular formula is C31H34ClNO7. The Hall–Kier alpha value is -3.30. The predicted octanol–water partition coefficient (Wildman–Crippen LogP) is 4.98. The summed E-state index contributed by atoms with van der Waals surface area (Å²) in [5.41, 5.74) is 3.34. The van der Waals surface area contributed by atoms with Crippen molar-refractivity contribution in [1.29, 1.82) is 0 Å². The fourth-order valence-corrected chi connectivity index (χ4v) is 5.54. The number of aliphatic hydroxyl groups is 1. The molecule has 3 aromatic rings. The quantitative estimate of drug-likeness (QED) is 0.344. The second-order valence-electron chi connectivity index (χ2n) is 10.1. The Morgan fingerprint density at radius 1 is 1.02 bits per heavy atom. The van der Waals surface area contributed by atoms with Crippen LogP contribution >= 0.6 is 11.6 Å². The molecule has 212 valence electrons. The van der Waals surface area contributed by atoms with Crippen LogP contribution in [0.5, 0.6) is 17.2 Å². The number of carbonyl (C=O) groups is 1. The lowest BCUT2D eigenvalue weighted by molar-refractivity contribution is -0.0835. The molecular weight excluding hydrogens is 534 g/mol. The van der Waals surface area contributed by atoms with Crippen LogP contribution in [-0.4, -0.2) is 62.5 Å². The third-order valence-corrected chi connectivity index (χ3v) is 7.78. The molecule has 0 saturated carbocycles. The van der Waals surface area contributed by atoms with Gasteiger partial charge in [0.2, 0.25) is 0 Å². The van der Waals surface area contributed by atoms with Crippen molar-refractivity contribution in [2.24, 2.45) is 0 Å². The van der Waals surface area contributed by atoms with E-state index in [1.807, 2.05) is 36.4 Å². The average molecular weight is 568 g/mol. The fourth-order valence-electron chi connectivity index (χ4n) is 5.35. The summed E-state index contributed by atoms with van der Waals surface area (Å²) in [6, 6.07) is 18.5. The summed E-state index contributed by atoms with van der Waals surface area (Å²) in [6.45, 7) is 2.97. The van der Waals surface area contributed by atoms with Gasteiger partial charge in [-0.1, -0.05) is 29.8 Å². The zero-order valence-electron chi connectivity index (χ0n) is 22.7. The van der Waals surface area contributed by atoms with Crippen molar-refractivity contribution in [3.8, 4) is 17.2 Å². The molecule has 2 aliphatic rings. The first-order valence-corrected chi connectivity index (χ1v) is 13.7. The number of nitrogens with zero attached hydrogens (tertiary/aromatic N) is 1. The lowest BCUT2D eigenvalue weighted by Gasteiger charge is -2.39. The van der Waals surface area contributed by atoms with Gasteiger partial charge in [0.1, 0.15) is 42.1 Å².